The Kier molecular flexibility index (Phi) is 4.96. The Morgan fingerprint density at radius 3 is 2.58 bits per heavy atom. The van der Waals surface area contributed by atoms with E-state index in [1.54, 1.807) is 29.2 Å². The first-order chi connectivity index (χ1) is 11.6. The number of rotatable bonds is 5. The van der Waals surface area contributed by atoms with E-state index in [1.807, 2.05) is 43.3 Å². The normalized spacial score (nSPS) is 10.4. The molecular formula is C18H16BrN3O2. The lowest BCUT2D eigenvalue weighted by Gasteiger charge is -2.06. The molecule has 122 valence electrons. The van der Waals surface area contributed by atoms with Gasteiger partial charge < -0.3 is 10.1 Å². The standard InChI is InChI=1S/C18H16BrN3O2/c1-13-2-4-14(5-3-13)18(23)21-16-10-20-22(11-16)12-24-17-8-6-15(19)7-9-17/h2-11H,12H2,1H3,(H,21,23). The number of aryl methyl sites for hydroxylation is 1. The fourth-order valence-corrected chi connectivity index (χ4v) is 2.34. The molecule has 3 rings (SSSR count). The molecule has 0 aliphatic heterocycles. The lowest BCUT2D eigenvalue weighted by molar-refractivity contribution is 0.102. The Morgan fingerprint density at radius 2 is 1.88 bits per heavy atom. The van der Waals surface area contributed by atoms with Crippen LogP contribution in [0.4, 0.5) is 5.69 Å². The monoisotopic (exact) mass is 385 g/mol. The second-order valence-corrected chi connectivity index (χ2v) is 6.23. The molecule has 0 aliphatic rings. The molecule has 2 aromatic carbocycles. The zero-order chi connectivity index (χ0) is 16.9. The Bertz CT molecular complexity index is 826. The van der Waals surface area contributed by atoms with Crippen molar-refractivity contribution in [1.29, 1.82) is 0 Å². The van der Waals surface area contributed by atoms with Crippen molar-refractivity contribution in [3.8, 4) is 5.75 Å². The van der Waals surface area contributed by atoms with Gasteiger partial charge in [-0.3, -0.25) is 4.79 Å². The Labute approximate surface area is 148 Å². The number of benzene rings is 2. The van der Waals surface area contributed by atoms with Crippen molar-refractivity contribution in [3.05, 3.63) is 76.5 Å². The Morgan fingerprint density at radius 1 is 1.17 bits per heavy atom. The van der Waals surface area contributed by atoms with Gasteiger partial charge in [-0.2, -0.15) is 5.10 Å². The molecule has 3 aromatic rings. The molecule has 1 aromatic heterocycles. The fraction of sp³-hybridized carbons (Fsp3) is 0.111. The number of hydrogen-bond donors (Lipinski definition) is 1. The summed E-state index contributed by atoms with van der Waals surface area (Å²) in [4.78, 5) is 12.2. The maximum absolute atomic E-state index is 12.2. The number of ether oxygens (including phenoxy) is 1. The van der Waals surface area contributed by atoms with Crippen molar-refractivity contribution in [1.82, 2.24) is 9.78 Å². The van der Waals surface area contributed by atoms with Crippen molar-refractivity contribution in [2.75, 3.05) is 5.32 Å². The minimum Gasteiger partial charge on any atom is -0.471 e. The quantitative estimate of drug-likeness (QED) is 0.714. The summed E-state index contributed by atoms with van der Waals surface area (Å²) >= 11 is 3.38. The Hall–Kier alpha value is -2.60. The molecule has 0 aliphatic carbocycles. The topological polar surface area (TPSA) is 56.2 Å². The number of hydrogen-bond acceptors (Lipinski definition) is 3. The van der Waals surface area contributed by atoms with Gasteiger partial charge in [0.15, 0.2) is 6.73 Å². The molecule has 0 unspecified atom stereocenters. The van der Waals surface area contributed by atoms with Crippen LogP contribution in [0.5, 0.6) is 5.75 Å². The van der Waals surface area contributed by atoms with Gasteiger partial charge in [-0.05, 0) is 43.3 Å². The first-order valence-electron chi connectivity index (χ1n) is 7.39. The lowest BCUT2D eigenvalue weighted by Crippen LogP contribution is -2.11. The summed E-state index contributed by atoms with van der Waals surface area (Å²) in [5.41, 5.74) is 2.35. The van der Waals surface area contributed by atoms with Crippen LogP contribution >= 0.6 is 15.9 Å². The van der Waals surface area contributed by atoms with Crippen LogP contribution in [-0.4, -0.2) is 15.7 Å². The molecule has 1 amide bonds. The number of amides is 1. The number of nitrogens with one attached hydrogen (secondary N) is 1. The zero-order valence-corrected chi connectivity index (χ0v) is 14.7. The van der Waals surface area contributed by atoms with E-state index in [9.17, 15) is 4.79 Å². The van der Waals surface area contributed by atoms with Gasteiger partial charge in [-0.25, -0.2) is 4.68 Å². The van der Waals surface area contributed by atoms with Gasteiger partial charge >= 0.3 is 0 Å². The largest absolute Gasteiger partial charge is 0.471 e. The summed E-state index contributed by atoms with van der Waals surface area (Å²) < 4.78 is 8.24. The van der Waals surface area contributed by atoms with Gasteiger partial charge in [0.25, 0.3) is 5.91 Å². The molecule has 0 saturated carbocycles. The van der Waals surface area contributed by atoms with E-state index in [2.05, 4.69) is 26.3 Å². The summed E-state index contributed by atoms with van der Waals surface area (Å²) in [6.45, 7) is 2.25. The molecule has 0 radical (unpaired) electrons. The third kappa shape index (κ3) is 4.23. The van der Waals surface area contributed by atoms with Crippen LogP contribution in [0.1, 0.15) is 15.9 Å². The molecule has 24 heavy (non-hydrogen) atoms. The minimum absolute atomic E-state index is 0.164. The number of anilines is 1. The van der Waals surface area contributed by atoms with E-state index in [4.69, 9.17) is 4.74 Å². The fourth-order valence-electron chi connectivity index (χ4n) is 2.08. The highest BCUT2D eigenvalue weighted by atomic mass is 79.9. The highest BCUT2D eigenvalue weighted by Crippen LogP contribution is 2.17. The third-order valence-electron chi connectivity index (χ3n) is 3.38. The molecule has 0 spiro atoms. The highest BCUT2D eigenvalue weighted by molar-refractivity contribution is 9.10. The van der Waals surface area contributed by atoms with E-state index < -0.39 is 0 Å². The molecular weight excluding hydrogens is 370 g/mol. The van der Waals surface area contributed by atoms with Gasteiger partial charge in [0, 0.05) is 10.0 Å². The maximum atomic E-state index is 12.2. The molecule has 0 fully saturated rings. The number of nitrogens with zero attached hydrogens (tertiary/aromatic N) is 2. The van der Waals surface area contributed by atoms with Crippen molar-refractivity contribution >= 4 is 27.5 Å². The molecule has 0 atom stereocenters. The van der Waals surface area contributed by atoms with Crippen LogP contribution in [0.2, 0.25) is 0 Å². The first kappa shape index (κ1) is 16.3. The molecule has 5 nitrogen and oxygen atoms in total. The number of aromatic nitrogens is 2. The van der Waals surface area contributed by atoms with Gasteiger partial charge in [-0.15, -0.1) is 0 Å². The molecule has 6 heteroatoms. The summed E-state index contributed by atoms with van der Waals surface area (Å²) in [6.07, 6.45) is 3.32. The van der Waals surface area contributed by atoms with E-state index in [0.29, 0.717) is 11.3 Å². The third-order valence-corrected chi connectivity index (χ3v) is 3.91. The SMILES string of the molecule is Cc1ccc(C(=O)Nc2cnn(COc3ccc(Br)cc3)c2)cc1. The van der Waals surface area contributed by atoms with Gasteiger partial charge in [0.05, 0.1) is 18.1 Å². The van der Waals surface area contributed by atoms with Crippen LogP contribution in [0.3, 0.4) is 0 Å². The Balaban J connectivity index is 1.58. The van der Waals surface area contributed by atoms with E-state index in [1.165, 1.54) is 0 Å². The van der Waals surface area contributed by atoms with Crippen LogP contribution in [0.25, 0.3) is 0 Å². The van der Waals surface area contributed by atoms with Crippen LogP contribution in [0, 0.1) is 6.92 Å². The first-order valence-corrected chi connectivity index (χ1v) is 8.18. The maximum Gasteiger partial charge on any atom is 0.255 e. The smallest absolute Gasteiger partial charge is 0.255 e. The predicted molar refractivity (Wildman–Crippen MR) is 96.1 cm³/mol. The lowest BCUT2D eigenvalue weighted by atomic mass is 10.1. The van der Waals surface area contributed by atoms with Crippen LogP contribution in [-0.2, 0) is 6.73 Å². The molecule has 0 bridgehead atoms. The van der Waals surface area contributed by atoms with Crippen molar-refractivity contribution < 1.29 is 9.53 Å². The average molecular weight is 386 g/mol. The van der Waals surface area contributed by atoms with E-state index >= 15 is 0 Å². The van der Waals surface area contributed by atoms with Crippen LogP contribution in [0.15, 0.2) is 65.4 Å². The van der Waals surface area contributed by atoms with Gasteiger partial charge in [0.1, 0.15) is 5.75 Å². The second-order valence-electron chi connectivity index (χ2n) is 5.32. The number of carbonyl (C=O) groups excluding carboxylic acids is 1. The second kappa shape index (κ2) is 7.31. The highest BCUT2D eigenvalue weighted by Gasteiger charge is 2.07. The van der Waals surface area contributed by atoms with Crippen LogP contribution < -0.4 is 10.1 Å². The zero-order valence-electron chi connectivity index (χ0n) is 13.1. The molecule has 1 heterocycles. The van der Waals surface area contributed by atoms with E-state index in [-0.39, 0.29) is 12.6 Å². The summed E-state index contributed by atoms with van der Waals surface area (Å²) in [5, 5.41) is 7.00. The van der Waals surface area contributed by atoms with Crippen molar-refractivity contribution in [2.45, 2.75) is 13.7 Å². The van der Waals surface area contributed by atoms with Crippen molar-refractivity contribution in [2.24, 2.45) is 0 Å². The van der Waals surface area contributed by atoms with Crippen molar-refractivity contribution in [3.63, 3.8) is 0 Å². The summed E-state index contributed by atoms with van der Waals surface area (Å²) in [5.74, 6) is 0.585. The number of carbonyl (C=O) groups is 1. The predicted octanol–water partition coefficient (Wildman–Crippen LogP) is 4.24. The summed E-state index contributed by atoms with van der Waals surface area (Å²) in [6, 6.07) is 15.0. The molecule has 1 N–H and O–H groups in total. The molecule has 0 saturated heterocycles. The summed E-state index contributed by atoms with van der Waals surface area (Å²) in [7, 11) is 0. The minimum atomic E-state index is -0.164. The van der Waals surface area contributed by atoms with Gasteiger partial charge in [0.2, 0.25) is 0 Å². The van der Waals surface area contributed by atoms with Gasteiger partial charge in [-0.1, -0.05) is 33.6 Å². The average Bonchev–Trinajstić information content (AvgIpc) is 3.02. The van der Waals surface area contributed by atoms with E-state index in [0.717, 1.165) is 15.8 Å². The number of halogens is 1.